The van der Waals surface area contributed by atoms with Crippen LogP contribution in [0.3, 0.4) is 0 Å². The highest BCUT2D eigenvalue weighted by Gasteiger charge is 2.22. The summed E-state index contributed by atoms with van der Waals surface area (Å²) in [6.07, 6.45) is 3.46. The molecule has 1 N–H and O–H groups in total. The number of nitrogens with zero attached hydrogens (tertiary/aromatic N) is 3. The molecule has 18 heavy (non-hydrogen) atoms. The van der Waals surface area contributed by atoms with Crippen LogP contribution < -0.4 is 4.90 Å². The number of unbranched alkanes of at least 4 members (excludes halogenated alkanes) is 1. The molecule has 0 unspecified atom stereocenters. The lowest BCUT2D eigenvalue weighted by atomic mass is 10.2. The Hall–Kier alpha value is -1.69. The lowest BCUT2D eigenvalue weighted by Gasteiger charge is -2.22. The van der Waals surface area contributed by atoms with Gasteiger partial charge in [0.15, 0.2) is 0 Å². The summed E-state index contributed by atoms with van der Waals surface area (Å²) in [5.74, 6) is 0.350. The Morgan fingerprint density at radius 3 is 2.78 bits per heavy atom. The first-order chi connectivity index (χ1) is 8.61. The smallest absolute Gasteiger partial charge is 0.314 e. The molecule has 0 aromatic carbocycles. The van der Waals surface area contributed by atoms with Crippen LogP contribution in [-0.2, 0) is 0 Å². The molecule has 0 fully saturated rings. The second kappa shape index (κ2) is 6.90. The summed E-state index contributed by atoms with van der Waals surface area (Å²) in [6.45, 7) is 4.72. The number of aryl methyl sites for hydroxylation is 1. The Labute approximate surface area is 106 Å². The second-order valence-electron chi connectivity index (χ2n) is 4.12. The van der Waals surface area contributed by atoms with Crippen LogP contribution in [0.4, 0.5) is 11.5 Å². The molecule has 0 saturated heterocycles. The monoisotopic (exact) mass is 253 g/mol. The zero-order chi connectivity index (χ0) is 13.5. The third kappa shape index (κ3) is 3.40. The van der Waals surface area contributed by atoms with Crippen LogP contribution in [0.25, 0.3) is 0 Å². The van der Waals surface area contributed by atoms with Crippen LogP contribution in [0.2, 0.25) is 0 Å². The molecule has 0 aliphatic carbocycles. The molecule has 100 valence electrons. The van der Waals surface area contributed by atoms with Crippen molar-refractivity contribution in [3.8, 4) is 0 Å². The van der Waals surface area contributed by atoms with E-state index in [1.807, 2.05) is 0 Å². The van der Waals surface area contributed by atoms with Gasteiger partial charge in [0.25, 0.3) is 0 Å². The zero-order valence-electron chi connectivity index (χ0n) is 10.8. The van der Waals surface area contributed by atoms with E-state index in [0.29, 0.717) is 24.5 Å². The Morgan fingerprint density at radius 2 is 2.22 bits per heavy atom. The number of aliphatic hydroxyl groups excluding tert-OH is 1. The Bertz CT molecular complexity index is 410. The molecular formula is C12H19N3O3. The van der Waals surface area contributed by atoms with Gasteiger partial charge in [0.05, 0.1) is 11.5 Å². The van der Waals surface area contributed by atoms with Crippen molar-refractivity contribution in [3.63, 3.8) is 0 Å². The number of rotatable bonds is 7. The Kier molecular flexibility index (Phi) is 5.51. The van der Waals surface area contributed by atoms with Crippen LogP contribution in [-0.4, -0.2) is 34.7 Å². The van der Waals surface area contributed by atoms with Gasteiger partial charge in [0.1, 0.15) is 0 Å². The van der Waals surface area contributed by atoms with Crippen molar-refractivity contribution in [3.05, 3.63) is 27.9 Å². The highest BCUT2D eigenvalue weighted by atomic mass is 16.6. The first-order valence-electron chi connectivity index (χ1n) is 6.07. The molecule has 0 aliphatic heterocycles. The van der Waals surface area contributed by atoms with Gasteiger partial charge in [0.2, 0.25) is 5.82 Å². The lowest BCUT2D eigenvalue weighted by Crippen LogP contribution is -2.29. The fourth-order valence-corrected chi connectivity index (χ4v) is 1.79. The van der Waals surface area contributed by atoms with Crippen molar-refractivity contribution in [2.45, 2.75) is 26.7 Å². The normalized spacial score (nSPS) is 10.4. The molecule has 1 aromatic heterocycles. The highest BCUT2D eigenvalue weighted by molar-refractivity contribution is 5.61. The molecule has 1 heterocycles. The molecule has 6 heteroatoms. The Morgan fingerprint density at radius 1 is 1.50 bits per heavy atom. The van der Waals surface area contributed by atoms with E-state index in [-0.39, 0.29) is 12.3 Å². The molecular weight excluding hydrogens is 234 g/mol. The topological polar surface area (TPSA) is 79.5 Å². The van der Waals surface area contributed by atoms with Crippen LogP contribution >= 0.6 is 0 Å². The van der Waals surface area contributed by atoms with Crippen LogP contribution in [0.1, 0.15) is 25.3 Å². The minimum absolute atomic E-state index is 0.0297. The lowest BCUT2D eigenvalue weighted by molar-refractivity contribution is -0.384. The van der Waals surface area contributed by atoms with Crippen LogP contribution in [0, 0.1) is 17.0 Å². The highest BCUT2D eigenvalue weighted by Crippen LogP contribution is 2.28. The number of aromatic nitrogens is 1. The number of anilines is 1. The third-order valence-corrected chi connectivity index (χ3v) is 2.74. The van der Waals surface area contributed by atoms with Crippen molar-refractivity contribution >= 4 is 11.5 Å². The third-order valence-electron chi connectivity index (χ3n) is 2.74. The Balaban J connectivity index is 3.10. The van der Waals surface area contributed by atoms with Gasteiger partial charge in [-0.1, -0.05) is 13.3 Å². The van der Waals surface area contributed by atoms with Gasteiger partial charge >= 0.3 is 5.69 Å². The quantitative estimate of drug-likeness (QED) is 0.593. The van der Waals surface area contributed by atoms with E-state index in [4.69, 9.17) is 5.11 Å². The fourth-order valence-electron chi connectivity index (χ4n) is 1.79. The molecule has 1 aromatic rings. The maximum Gasteiger partial charge on any atom is 0.314 e. The first-order valence-corrected chi connectivity index (χ1v) is 6.07. The molecule has 1 rings (SSSR count). The standard InChI is InChI=1S/C12H19N3O3/c1-3-4-7-14(8-9-16)12-11(15(17)18)10(2)5-6-13-12/h5-6,16H,3-4,7-9H2,1-2H3. The minimum Gasteiger partial charge on any atom is -0.395 e. The molecule has 0 aliphatic rings. The van der Waals surface area contributed by atoms with Crippen LogP contribution in [0.15, 0.2) is 12.3 Å². The van der Waals surface area contributed by atoms with Crippen molar-refractivity contribution < 1.29 is 10.0 Å². The van der Waals surface area contributed by atoms with E-state index in [1.165, 1.54) is 0 Å². The zero-order valence-corrected chi connectivity index (χ0v) is 10.8. The van der Waals surface area contributed by atoms with Gasteiger partial charge in [0, 0.05) is 24.8 Å². The largest absolute Gasteiger partial charge is 0.395 e. The first kappa shape index (κ1) is 14.4. The average Bonchev–Trinajstić information content (AvgIpc) is 2.33. The van der Waals surface area contributed by atoms with Gasteiger partial charge in [-0.05, 0) is 19.4 Å². The van der Waals surface area contributed by atoms with E-state index >= 15 is 0 Å². The molecule has 0 amide bonds. The van der Waals surface area contributed by atoms with Gasteiger partial charge < -0.3 is 10.0 Å². The molecule has 0 atom stereocenters. The number of nitro groups is 1. The van der Waals surface area contributed by atoms with Crippen molar-refractivity contribution in [2.75, 3.05) is 24.6 Å². The summed E-state index contributed by atoms with van der Waals surface area (Å²) in [7, 11) is 0. The predicted octanol–water partition coefficient (Wildman–Crippen LogP) is 1.90. The molecule has 0 saturated carbocycles. The van der Waals surface area contributed by atoms with Crippen molar-refractivity contribution in [1.29, 1.82) is 0 Å². The predicted molar refractivity (Wildman–Crippen MR) is 69.8 cm³/mol. The van der Waals surface area contributed by atoms with Gasteiger partial charge in [-0.3, -0.25) is 10.1 Å². The number of pyridine rings is 1. The van der Waals surface area contributed by atoms with Gasteiger partial charge in [-0.25, -0.2) is 4.98 Å². The maximum atomic E-state index is 11.1. The number of hydrogen-bond acceptors (Lipinski definition) is 5. The van der Waals surface area contributed by atoms with Gasteiger partial charge in [-0.2, -0.15) is 0 Å². The molecule has 0 bridgehead atoms. The summed E-state index contributed by atoms with van der Waals surface area (Å²) < 4.78 is 0. The summed E-state index contributed by atoms with van der Waals surface area (Å²) in [6, 6.07) is 1.62. The summed E-state index contributed by atoms with van der Waals surface area (Å²) in [5, 5.41) is 20.2. The van der Waals surface area contributed by atoms with E-state index in [0.717, 1.165) is 12.8 Å². The van der Waals surface area contributed by atoms with E-state index in [9.17, 15) is 10.1 Å². The average molecular weight is 253 g/mol. The molecule has 6 nitrogen and oxygen atoms in total. The summed E-state index contributed by atoms with van der Waals surface area (Å²) >= 11 is 0. The SMILES string of the molecule is CCCCN(CCO)c1nccc(C)c1[N+](=O)[O-]. The van der Waals surface area contributed by atoms with Crippen LogP contribution in [0.5, 0.6) is 0 Å². The summed E-state index contributed by atoms with van der Waals surface area (Å²) in [4.78, 5) is 16.6. The number of aliphatic hydroxyl groups is 1. The minimum atomic E-state index is -0.409. The molecule has 0 radical (unpaired) electrons. The van der Waals surface area contributed by atoms with E-state index in [2.05, 4.69) is 11.9 Å². The number of hydrogen-bond donors (Lipinski definition) is 1. The van der Waals surface area contributed by atoms with Gasteiger partial charge in [-0.15, -0.1) is 0 Å². The second-order valence-corrected chi connectivity index (χ2v) is 4.12. The van der Waals surface area contributed by atoms with E-state index < -0.39 is 4.92 Å². The maximum absolute atomic E-state index is 11.1. The fraction of sp³-hybridized carbons (Fsp3) is 0.583. The summed E-state index contributed by atoms with van der Waals surface area (Å²) in [5.41, 5.74) is 0.617. The van der Waals surface area contributed by atoms with E-state index in [1.54, 1.807) is 24.1 Å². The molecule has 0 spiro atoms. The van der Waals surface area contributed by atoms with Crippen molar-refractivity contribution in [1.82, 2.24) is 4.98 Å². The van der Waals surface area contributed by atoms with Crippen molar-refractivity contribution in [2.24, 2.45) is 0 Å².